The number of hydrogen-bond acceptors (Lipinski definition) is 5. The van der Waals surface area contributed by atoms with Crippen molar-refractivity contribution in [1.82, 2.24) is 14.8 Å². The van der Waals surface area contributed by atoms with Gasteiger partial charge in [-0.3, -0.25) is 9.48 Å². The van der Waals surface area contributed by atoms with Crippen molar-refractivity contribution in [2.24, 2.45) is 5.73 Å². The molecule has 2 aromatic carbocycles. The second-order valence-electron chi connectivity index (χ2n) is 8.34. The number of carbonyl (C=O) groups excluding carboxylic acids is 1. The monoisotopic (exact) mass is 470 g/mol. The van der Waals surface area contributed by atoms with Crippen LogP contribution >= 0.6 is 0 Å². The predicted molar refractivity (Wildman–Crippen MR) is 128 cm³/mol. The van der Waals surface area contributed by atoms with Crippen LogP contribution in [0.25, 0.3) is 16.6 Å². The van der Waals surface area contributed by atoms with Crippen molar-refractivity contribution in [3.8, 4) is 6.07 Å². The van der Waals surface area contributed by atoms with Gasteiger partial charge in [0.25, 0.3) is 12.3 Å². The summed E-state index contributed by atoms with van der Waals surface area (Å²) < 4.78 is 29.9. The summed E-state index contributed by atoms with van der Waals surface area (Å²) in [4.78, 5) is 16.2. The number of aromatic nitrogens is 3. The molecule has 7 nitrogen and oxygen atoms in total. The van der Waals surface area contributed by atoms with Gasteiger partial charge in [0.05, 0.1) is 35.1 Å². The molecule has 4 aromatic rings. The van der Waals surface area contributed by atoms with Gasteiger partial charge < -0.3 is 11.1 Å². The summed E-state index contributed by atoms with van der Waals surface area (Å²) in [6.07, 6.45) is -0.887. The number of pyridine rings is 1. The van der Waals surface area contributed by atoms with Crippen LogP contribution in [0.15, 0.2) is 60.7 Å². The van der Waals surface area contributed by atoms with E-state index in [-0.39, 0.29) is 29.5 Å². The van der Waals surface area contributed by atoms with E-state index in [1.807, 2.05) is 31.2 Å². The number of nitrogens with zero attached hydrogens (tertiary/aromatic N) is 4. The number of hydrogen-bond donors (Lipinski definition) is 2. The van der Waals surface area contributed by atoms with Gasteiger partial charge in [-0.05, 0) is 29.8 Å². The van der Waals surface area contributed by atoms with Crippen LogP contribution in [0, 0.1) is 11.3 Å². The first kappa shape index (κ1) is 22.2. The van der Waals surface area contributed by atoms with Gasteiger partial charge in [0.15, 0.2) is 0 Å². The molecule has 0 radical (unpaired) electrons. The average molecular weight is 470 g/mol. The molecule has 0 aliphatic carbocycles. The van der Waals surface area contributed by atoms with E-state index < -0.39 is 12.3 Å². The Balaban J connectivity index is 1.59. The normalized spacial score (nSPS) is 14.8. The number of allylic oxidation sites excluding steroid dienone is 1. The SMILES string of the molecule is CC1C=C(c2cc(C(N)=O)nc3ccccc23)Nc2c1nn(Cc1ccc(C#N)cc1)c2C(F)F. The van der Waals surface area contributed by atoms with E-state index in [0.29, 0.717) is 28.0 Å². The number of alkyl halides is 2. The van der Waals surface area contributed by atoms with Crippen LogP contribution in [0.2, 0.25) is 0 Å². The highest BCUT2D eigenvalue weighted by Gasteiger charge is 2.31. The summed E-state index contributed by atoms with van der Waals surface area (Å²) in [7, 11) is 0. The molecule has 1 atom stereocenters. The fourth-order valence-corrected chi connectivity index (χ4v) is 4.33. The molecule has 1 unspecified atom stereocenters. The molecule has 2 aromatic heterocycles. The first-order valence-corrected chi connectivity index (χ1v) is 10.9. The number of nitrogens with two attached hydrogens (primary N) is 1. The number of nitrogens with one attached hydrogen (secondary N) is 1. The van der Waals surface area contributed by atoms with E-state index in [0.717, 1.165) is 10.9 Å². The number of fused-ring (bicyclic) bond motifs is 2. The zero-order valence-corrected chi connectivity index (χ0v) is 18.7. The summed E-state index contributed by atoms with van der Waals surface area (Å²) in [5.41, 5.74) is 9.14. The molecule has 5 rings (SSSR count). The van der Waals surface area contributed by atoms with E-state index in [1.165, 1.54) is 4.68 Å². The Bertz CT molecular complexity index is 1530. The Kier molecular flexibility index (Phi) is 5.49. The second kappa shape index (κ2) is 8.65. The molecule has 0 saturated carbocycles. The van der Waals surface area contributed by atoms with Gasteiger partial charge >= 0.3 is 0 Å². The van der Waals surface area contributed by atoms with Gasteiger partial charge in [-0.1, -0.05) is 43.3 Å². The number of benzene rings is 2. The van der Waals surface area contributed by atoms with E-state index in [2.05, 4.69) is 15.4 Å². The first-order chi connectivity index (χ1) is 16.9. The molecule has 174 valence electrons. The van der Waals surface area contributed by atoms with Crippen LogP contribution in [0.3, 0.4) is 0 Å². The number of para-hydroxylation sites is 1. The molecular weight excluding hydrogens is 450 g/mol. The van der Waals surface area contributed by atoms with Gasteiger partial charge in [0.1, 0.15) is 11.4 Å². The topological polar surface area (TPSA) is 110 Å². The maximum absolute atomic E-state index is 14.3. The molecule has 1 amide bonds. The number of nitriles is 1. The van der Waals surface area contributed by atoms with Gasteiger partial charge in [-0.2, -0.15) is 10.4 Å². The number of rotatable bonds is 5. The third-order valence-electron chi connectivity index (χ3n) is 6.01. The van der Waals surface area contributed by atoms with Crippen LogP contribution in [-0.2, 0) is 6.54 Å². The molecule has 0 saturated heterocycles. The summed E-state index contributed by atoms with van der Waals surface area (Å²) >= 11 is 0. The van der Waals surface area contributed by atoms with Crippen molar-refractivity contribution in [3.63, 3.8) is 0 Å². The molecule has 3 N–H and O–H groups in total. The Morgan fingerprint density at radius 1 is 1.23 bits per heavy atom. The summed E-state index contributed by atoms with van der Waals surface area (Å²) in [6.45, 7) is 2.01. The van der Waals surface area contributed by atoms with Crippen LogP contribution in [0.4, 0.5) is 14.5 Å². The van der Waals surface area contributed by atoms with Crippen molar-refractivity contribution in [3.05, 3.63) is 94.4 Å². The number of carbonyl (C=O) groups is 1. The Morgan fingerprint density at radius 3 is 2.66 bits per heavy atom. The minimum Gasteiger partial charge on any atom is -0.364 e. The maximum atomic E-state index is 14.3. The molecule has 0 fully saturated rings. The molecule has 1 aliphatic rings. The molecule has 3 heterocycles. The van der Waals surface area contributed by atoms with E-state index in [9.17, 15) is 13.6 Å². The van der Waals surface area contributed by atoms with Crippen molar-refractivity contribution >= 4 is 28.2 Å². The number of amides is 1. The van der Waals surface area contributed by atoms with Gasteiger partial charge in [-0.25, -0.2) is 13.8 Å². The molecule has 0 bridgehead atoms. The fraction of sp³-hybridized carbons (Fsp3) is 0.154. The highest BCUT2D eigenvalue weighted by molar-refractivity contribution is 6.00. The largest absolute Gasteiger partial charge is 0.364 e. The van der Waals surface area contributed by atoms with Crippen molar-refractivity contribution in [1.29, 1.82) is 5.26 Å². The highest BCUT2D eigenvalue weighted by atomic mass is 19.3. The third-order valence-corrected chi connectivity index (χ3v) is 6.01. The molecular formula is C26H20F2N6O. The van der Waals surface area contributed by atoms with Crippen LogP contribution in [0.1, 0.15) is 57.8 Å². The van der Waals surface area contributed by atoms with E-state index in [4.69, 9.17) is 11.0 Å². The van der Waals surface area contributed by atoms with E-state index in [1.54, 1.807) is 42.5 Å². The number of halogens is 2. The smallest absolute Gasteiger partial charge is 0.282 e. The Labute approximate surface area is 199 Å². The van der Waals surface area contributed by atoms with Crippen LogP contribution in [-0.4, -0.2) is 20.7 Å². The minimum atomic E-state index is -2.78. The van der Waals surface area contributed by atoms with Gasteiger partial charge in [0.2, 0.25) is 0 Å². The van der Waals surface area contributed by atoms with Crippen molar-refractivity contribution < 1.29 is 13.6 Å². The molecule has 0 spiro atoms. The molecule has 35 heavy (non-hydrogen) atoms. The average Bonchev–Trinajstić information content (AvgIpc) is 3.22. The fourth-order valence-electron chi connectivity index (χ4n) is 4.33. The first-order valence-electron chi connectivity index (χ1n) is 10.9. The Morgan fingerprint density at radius 2 is 1.97 bits per heavy atom. The van der Waals surface area contributed by atoms with Gasteiger partial charge in [0, 0.05) is 22.6 Å². The highest BCUT2D eigenvalue weighted by Crippen LogP contribution is 2.41. The van der Waals surface area contributed by atoms with Gasteiger partial charge in [-0.15, -0.1) is 0 Å². The summed E-state index contributed by atoms with van der Waals surface area (Å²) in [6, 6.07) is 17.6. The lowest BCUT2D eigenvalue weighted by Crippen LogP contribution is -2.15. The lowest BCUT2D eigenvalue weighted by molar-refractivity contribution is 0.0996. The summed E-state index contributed by atoms with van der Waals surface area (Å²) in [5.74, 6) is -0.949. The van der Waals surface area contributed by atoms with Crippen LogP contribution < -0.4 is 11.1 Å². The third kappa shape index (κ3) is 3.99. The standard InChI is InChI=1S/C26H20F2N6O/c1-14-10-20(18-11-21(26(30)35)31-19-5-3-2-4-17(18)19)32-23-22(14)33-34(24(23)25(27)28)13-16-8-6-15(12-29)7-9-16/h2-11,14,25,32H,13H2,1H3,(H2,30,35). The number of primary amides is 1. The number of anilines is 1. The van der Waals surface area contributed by atoms with Crippen LogP contribution in [0.5, 0.6) is 0 Å². The lowest BCUT2D eigenvalue weighted by Gasteiger charge is -2.22. The minimum absolute atomic E-state index is 0.0884. The van der Waals surface area contributed by atoms with Crippen molar-refractivity contribution in [2.45, 2.75) is 25.8 Å². The summed E-state index contributed by atoms with van der Waals surface area (Å²) in [5, 5.41) is 17.4. The second-order valence-corrected chi connectivity index (χ2v) is 8.34. The zero-order valence-electron chi connectivity index (χ0n) is 18.7. The van der Waals surface area contributed by atoms with Crippen molar-refractivity contribution in [2.75, 3.05) is 5.32 Å². The molecule has 1 aliphatic heterocycles. The maximum Gasteiger partial charge on any atom is 0.282 e. The van der Waals surface area contributed by atoms with E-state index >= 15 is 0 Å². The predicted octanol–water partition coefficient (Wildman–Crippen LogP) is 4.96. The Hall–Kier alpha value is -4.58. The quantitative estimate of drug-likeness (QED) is 0.429. The zero-order chi connectivity index (χ0) is 24.7. The lowest BCUT2D eigenvalue weighted by atomic mass is 9.95. The molecule has 9 heteroatoms.